The van der Waals surface area contributed by atoms with Crippen LogP contribution in [0, 0.1) is 6.92 Å². The highest BCUT2D eigenvalue weighted by Gasteiger charge is 2.06. The fourth-order valence-corrected chi connectivity index (χ4v) is 2.23. The van der Waals surface area contributed by atoms with E-state index in [0.717, 1.165) is 23.8 Å². The second kappa shape index (κ2) is 6.44. The van der Waals surface area contributed by atoms with Crippen LogP contribution in [0.1, 0.15) is 11.1 Å². The number of benzene rings is 2. The number of halogens is 1. The molecule has 0 radical (unpaired) electrons. The van der Waals surface area contributed by atoms with Crippen molar-refractivity contribution >= 4 is 17.3 Å². The molecule has 0 unspecified atom stereocenters. The number of rotatable bonds is 5. The monoisotopic (exact) mass is 271 g/mol. The van der Waals surface area contributed by atoms with Crippen molar-refractivity contribution in [2.45, 2.75) is 13.5 Å². The summed E-state index contributed by atoms with van der Waals surface area (Å²) < 4.78 is 0. The first-order valence-electron chi connectivity index (χ1n) is 6.36. The molecule has 0 N–H and O–H groups in total. The van der Waals surface area contributed by atoms with Crippen molar-refractivity contribution in [3.05, 3.63) is 77.3 Å². The molecule has 98 valence electrons. The van der Waals surface area contributed by atoms with E-state index < -0.39 is 0 Å². The first kappa shape index (κ1) is 13.7. The Morgan fingerprint density at radius 3 is 2.53 bits per heavy atom. The zero-order valence-electron chi connectivity index (χ0n) is 11.1. The van der Waals surface area contributed by atoms with Gasteiger partial charge in [-0.1, -0.05) is 47.5 Å². The average Bonchev–Trinajstić information content (AvgIpc) is 2.39. The lowest BCUT2D eigenvalue weighted by molar-refractivity contribution is 0.867. The topological polar surface area (TPSA) is 3.24 Å². The molecule has 0 saturated heterocycles. The minimum atomic E-state index is 0.762. The summed E-state index contributed by atoms with van der Waals surface area (Å²) in [6.07, 6.45) is 1.92. The van der Waals surface area contributed by atoms with Crippen LogP contribution in [0.4, 0.5) is 5.69 Å². The average molecular weight is 272 g/mol. The van der Waals surface area contributed by atoms with Crippen LogP contribution >= 0.6 is 11.6 Å². The van der Waals surface area contributed by atoms with Crippen LogP contribution in [0.5, 0.6) is 0 Å². The highest BCUT2D eigenvalue weighted by Crippen LogP contribution is 2.20. The molecule has 0 aliphatic rings. The molecule has 0 atom stereocenters. The summed E-state index contributed by atoms with van der Waals surface area (Å²) in [6, 6.07) is 16.5. The Morgan fingerprint density at radius 1 is 1.16 bits per heavy atom. The van der Waals surface area contributed by atoms with Gasteiger partial charge in [-0.3, -0.25) is 0 Å². The van der Waals surface area contributed by atoms with Crippen molar-refractivity contribution in [2.75, 3.05) is 11.4 Å². The smallest absolute Gasteiger partial charge is 0.0433 e. The van der Waals surface area contributed by atoms with Gasteiger partial charge in [-0.25, -0.2) is 0 Å². The van der Waals surface area contributed by atoms with Gasteiger partial charge < -0.3 is 4.90 Å². The summed E-state index contributed by atoms with van der Waals surface area (Å²) in [5.74, 6) is 0. The third kappa shape index (κ3) is 3.87. The Morgan fingerprint density at radius 2 is 1.89 bits per heavy atom. The molecule has 0 amide bonds. The van der Waals surface area contributed by atoms with E-state index in [2.05, 4.69) is 42.7 Å². The van der Waals surface area contributed by atoms with E-state index in [-0.39, 0.29) is 0 Å². The minimum absolute atomic E-state index is 0.762. The minimum Gasteiger partial charge on any atom is -0.363 e. The zero-order chi connectivity index (χ0) is 13.7. The second-order valence-electron chi connectivity index (χ2n) is 4.63. The van der Waals surface area contributed by atoms with Gasteiger partial charge in [-0.15, -0.1) is 6.58 Å². The lowest BCUT2D eigenvalue weighted by Gasteiger charge is -2.23. The van der Waals surface area contributed by atoms with Gasteiger partial charge in [0.1, 0.15) is 0 Å². The van der Waals surface area contributed by atoms with Gasteiger partial charge in [0.2, 0.25) is 0 Å². The zero-order valence-corrected chi connectivity index (χ0v) is 11.9. The van der Waals surface area contributed by atoms with Gasteiger partial charge in [-0.2, -0.15) is 0 Å². The number of aryl methyl sites for hydroxylation is 1. The standard InChI is InChI=1S/C17H18ClN/c1-3-11-19(17-9-7-16(18)8-10-17)13-15-6-4-5-14(2)12-15/h3-10,12H,1,11,13H2,2H3. The Labute approximate surface area is 120 Å². The largest absolute Gasteiger partial charge is 0.363 e. The van der Waals surface area contributed by atoms with Crippen molar-refractivity contribution in [1.82, 2.24) is 0 Å². The molecule has 0 heterocycles. The van der Waals surface area contributed by atoms with Crippen LogP contribution in [0.25, 0.3) is 0 Å². The van der Waals surface area contributed by atoms with Crippen molar-refractivity contribution < 1.29 is 0 Å². The maximum Gasteiger partial charge on any atom is 0.0433 e. The van der Waals surface area contributed by atoms with E-state index in [1.165, 1.54) is 11.1 Å². The van der Waals surface area contributed by atoms with Crippen LogP contribution in [0.2, 0.25) is 5.02 Å². The van der Waals surface area contributed by atoms with Gasteiger partial charge in [-0.05, 0) is 36.8 Å². The van der Waals surface area contributed by atoms with Crippen molar-refractivity contribution in [2.24, 2.45) is 0 Å². The van der Waals surface area contributed by atoms with Crippen molar-refractivity contribution in [3.8, 4) is 0 Å². The fourth-order valence-electron chi connectivity index (χ4n) is 2.10. The summed E-state index contributed by atoms with van der Waals surface area (Å²) >= 11 is 5.94. The number of hydrogen-bond acceptors (Lipinski definition) is 1. The molecule has 0 aliphatic carbocycles. The Bertz CT molecular complexity index is 545. The molecule has 0 bridgehead atoms. The van der Waals surface area contributed by atoms with Crippen LogP contribution in [-0.2, 0) is 6.54 Å². The van der Waals surface area contributed by atoms with Gasteiger partial charge >= 0.3 is 0 Å². The second-order valence-corrected chi connectivity index (χ2v) is 5.07. The molecule has 19 heavy (non-hydrogen) atoms. The predicted molar refractivity (Wildman–Crippen MR) is 83.9 cm³/mol. The normalized spacial score (nSPS) is 10.2. The van der Waals surface area contributed by atoms with E-state index in [9.17, 15) is 0 Å². The third-order valence-corrected chi connectivity index (χ3v) is 3.25. The molecular formula is C17H18ClN. The van der Waals surface area contributed by atoms with Crippen molar-refractivity contribution in [3.63, 3.8) is 0 Å². The molecule has 0 aliphatic heterocycles. The highest BCUT2D eigenvalue weighted by atomic mass is 35.5. The van der Waals surface area contributed by atoms with Gasteiger partial charge in [0, 0.05) is 23.8 Å². The molecule has 2 aromatic rings. The number of nitrogens with zero attached hydrogens (tertiary/aromatic N) is 1. The van der Waals surface area contributed by atoms with E-state index in [1.54, 1.807) is 0 Å². The maximum atomic E-state index is 5.94. The van der Waals surface area contributed by atoms with E-state index >= 15 is 0 Å². The molecule has 0 fully saturated rings. The molecular weight excluding hydrogens is 254 g/mol. The first-order valence-corrected chi connectivity index (χ1v) is 6.74. The summed E-state index contributed by atoms with van der Waals surface area (Å²) in [5, 5.41) is 0.762. The molecule has 0 aromatic heterocycles. The summed E-state index contributed by atoms with van der Waals surface area (Å²) in [4.78, 5) is 2.28. The lowest BCUT2D eigenvalue weighted by Crippen LogP contribution is -2.22. The fraction of sp³-hybridized carbons (Fsp3) is 0.176. The van der Waals surface area contributed by atoms with Gasteiger partial charge in [0.25, 0.3) is 0 Å². The Kier molecular flexibility index (Phi) is 4.64. The highest BCUT2D eigenvalue weighted by molar-refractivity contribution is 6.30. The number of anilines is 1. The molecule has 0 saturated carbocycles. The molecule has 0 spiro atoms. The van der Waals surface area contributed by atoms with Crippen LogP contribution < -0.4 is 4.90 Å². The molecule has 2 rings (SSSR count). The van der Waals surface area contributed by atoms with Crippen LogP contribution in [0.3, 0.4) is 0 Å². The van der Waals surface area contributed by atoms with E-state index in [0.29, 0.717) is 0 Å². The predicted octanol–water partition coefficient (Wildman–Crippen LogP) is 4.84. The Balaban J connectivity index is 2.20. The van der Waals surface area contributed by atoms with Gasteiger partial charge in [0.05, 0.1) is 0 Å². The van der Waals surface area contributed by atoms with Crippen molar-refractivity contribution in [1.29, 1.82) is 0 Å². The van der Waals surface area contributed by atoms with Crippen LogP contribution in [0.15, 0.2) is 61.2 Å². The van der Waals surface area contributed by atoms with E-state index in [1.807, 2.05) is 30.3 Å². The Hall–Kier alpha value is -1.73. The quantitative estimate of drug-likeness (QED) is 0.703. The molecule has 2 heteroatoms. The summed E-state index contributed by atoms with van der Waals surface area (Å²) in [5.41, 5.74) is 3.75. The SMILES string of the molecule is C=CCN(Cc1cccc(C)c1)c1ccc(Cl)cc1. The first-order chi connectivity index (χ1) is 9.19. The summed E-state index contributed by atoms with van der Waals surface area (Å²) in [6.45, 7) is 7.64. The van der Waals surface area contributed by atoms with Crippen LogP contribution in [-0.4, -0.2) is 6.54 Å². The van der Waals surface area contributed by atoms with Gasteiger partial charge in [0.15, 0.2) is 0 Å². The third-order valence-electron chi connectivity index (χ3n) is 3.00. The maximum absolute atomic E-state index is 5.94. The lowest BCUT2D eigenvalue weighted by atomic mass is 10.1. The number of hydrogen-bond donors (Lipinski definition) is 0. The van der Waals surface area contributed by atoms with E-state index in [4.69, 9.17) is 11.6 Å². The summed E-state index contributed by atoms with van der Waals surface area (Å²) in [7, 11) is 0. The molecule has 1 nitrogen and oxygen atoms in total. The molecule has 2 aromatic carbocycles.